The molecule has 4 nitrogen and oxygen atoms in total. The highest BCUT2D eigenvalue weighted by atomic mass is 19.1. The normalized spacial score (nSPS) is 23.9. The van der Waals surface area contributed by atoms with Gasteiger partial charge in [-0.2, -0.15) is 0 Å². The predicted molar refractivity (Wildman–Crippen MR) is 76.7 cm³/mol. The first-order valence-corrected chi connectivity index (χ1v) is 7.07. The smallest absolute Gasteiger partial charge is 0.398 e. The topological polar surface area (TPSA) is 34.6 Å². The number of halogens is 1. The van der Waals surface area contributed by atoms with Crippen LogP contribution in [-0.2, 0) is 9.31 Å². The van der Waals surface area contributed by atoms with Crippen molar-refractivity contribution in [3.8, 4) is 0 Å². The Labute approximate surface area is 119 Å². The molecule has 0 saturated carbocycles. The third kappa shape index (κ3) is 2.21. The summed E-state index contributed by atoms with van der Waals surface area (Å²) in [6.07, 6.45) is 1.13. The number of anilines is 1. The first-order chi connectivity index (χ1) is 9.28. The molecule has 6 heteroatoms. The van der Waals surface area contributed by atoms with Gasteiger partial charge in [-0.25, -0.2) is 9.37 Å². The van der Waals surface area contributed by atoms with Gasteiger partial charge in [-0.1, -0.05) is 0 Å². The molecular formula is C14H20BFN2O2. The molecule has 0 bridgehead atoms. The first-order valence-electron chi connectivity index (χ1n) is 7.07. The Balaban J connectivity index is 1.89. The van der Waals surface area contributed by atoms with Gasteiger partial charge in [-0.05, 0) is 40.2 Å². The van der Waals surface area contributed by atoms with Crippen LogP contribution in [-0.4, -0.2) is 36.4 Å². The summed E-state index contributed by atoms with van der Waals surface area (Å²) < 4.78 is 25.7. The Morgan fingerprint density at radius 2 is 1.75 bits per heavy atom. The lowest BCUT2D eigenvalue weighted by molar-refractivity contribution is 0.00578. The molecule has 0 atom stereocenters. The average Bonchev–Trinajstić information content (AvgIpc) is 2.45. The van der Waals surface area contributed by atoms with Gasteiger partial charge < -0.3 is 14.2 Å². The molecule has 2 aliphatic rings. The van der Waals surface area contributed by atoms with E-state index in [2.05, 4.69) is 9.88 Å². The van der Waals surface area contributed by atoms with Crippen LogP contribution in [0.3, 0.4) is 0 Å². The van der Waals surface area contributed by atoms with Gasteiger partial charge in [0.2, 0.25) is 0 Å². The van der Waals surface area contributed by atoms with Gasteiger partial charge in [0.05, 0.1) is 16.8 Å². The molecule has 20 heavy (non-hydrogen) atoms. The Kier molecular flexibility index (Phi) is 3.06. The lowest BCUT2D eigenvalue weighted by Gasteiger charge is -2.32. The van der Waals surface area contributed by atoms with E-state index in [0.29, 0.717) is 11.4 Å². The van der Waals surface area contributed by atoms with Gasteiger partial charge in [0.1, 0.15) is 11.6 Å². The van der Waals surface area contributed by atoms with Gasteiger partial charge in [0, 0.05) is 19.2 Å². The second-order valence-electron chi connectivity index (χ2n) is 6.50. The molecule has 2 aliphatic heterocycles. The average molecular weight is 278 g/mol. The molecule has 0 aromatic carbocycles. The van der Waals surface area contributed by atoms with Gasteiger partial charge in [0.15, 0.2) is 0 Å². The van der Waals surface area contributed by atoms with Crippen LogP contribution in [0.1, 0.15) is 34.1 Å². The van der Waals surface area contributed by atoms with Crippen LogP contribution in [0.2, 0.25) is 0 Å². The van der Waals surface area contributed by atoms with Crippen molar-refractivity contribution in [1.29, 1.82) is 0 Å². The summed E-state index contributed by atoms with van der Waals surface area (Å²) >= 11 is 0. The van der Waals surface area contributed by atoms with E-state index in [4.69, 9.17) is 9.31 Å². The summed E-state index contributed by atoms with van der Waals surface area (Å²) in [5, 5.41) is 0. The third-order valence-electron chi connectivity index (χ3n) is 4.47. The van der Waals surface area contributed by atoms with Crippen molar-refractivity contribution in [1.82, 2.24) is 4.98 Å². The van der Waals surface area contributed by atoms with Crippen molar-refractivity contribution in [2.75, 3.05) is 18.0 Å². The highest BCUT2D eigenvalue weighted by Crippen LogP contribution is 2.36. The molecule has 2 saturated heterocycles. The number of hydrogen-bond acceptors (Lipinski definition) is 4. The summed E-state index contributed by atoms with van der Waals surface area (Å²) in [5.41, 5.74) is -0.379. The van der Waals surface area contributed by atoms with Crippen LogP contribution in [0.15, 0.2) is 12.1 Å². The second kappa shape index (κ2) is 4.43. The van der Waals surface area contributed by atoms with Crippen molar-refractivity contribution in [2.24, 2.45) is 0 Å². The Morgan fingerprint density at radius 1 is 1.15 bits per heavy atom. The molecule has 3 rings (SSSR count). The van der Waals surface area contributed by atoms with E-state index < -0.39 is 18.3 Å². The van der Waals surface area contributed by atoms with Gasteiger partial charge in [-0.3, -0.25) is 0 Å². The fraction of sp³-hybridized carbons (Fsp3) is 0.643. The minimum Gasteiger partial charge on any atom is -0.398 e. The maximum absolute atomic E-state index is 13.8. The maximum atomic E-state index is 13.8. The standard InChI is InChI=1S/C14H20BFN2O2/c1-13(2)14(3,4)20-15(19-13)11-8-10(16)9-12(17-11)18-6-5-7-18/h8-9H,5-7H2,1-4H3. The molecule has 0 spiro atoms. The maximum Gasteiger partial charge on any atom is 0.514 e. The van der Waals surface area contributed by atoms with Crippen molar-refractivity contribution < 1.29 is 13.7 Å². The SMILES string of the molecule is CC1(C)OB(c2cc(F)cc(N3CCC3)n2)OC1(C)C. The van der Waals surface area contributed by atoms with E-state index in [-0.39, 0.29) is 5.82 Å². The molecule has 3 heterocycles. The zero-order chi connectivity index (χ0) is 14.5. The van der Waals surface area contributed by atoms with Crippen molar-refractivity contribution in [3.05, 3.63) is 17.9 Å². The second-order valence-corrected chi connectivity index (χ2v) is 6.50. The van der Waals surface area contributed by atoms with Crippen LogP contribution >= 0.6 is 0 Å². The largest absolute Gasteiger partial charge is 0.514 e. The lowest BCUT2D eigenvalue weighted by Crippen LogP contribution is -2.42. The van der Waals surface area contributed by atoms with Gasteiger partial charge in [-0.15, -0.1) is 0 Å². The van der Waals surface area contributed by atoms with Gasteiger partial charge in [0.25, 0.3) is 0 Å². The molecule has 1 aromatic heterocycles. The fourth-order valence-corrected chi connectivity index (χ4v) is 2.29. The van der Waals surface area contributed by atoms with E-state index >= 15 is 0 Å². The molecule has 0 radical (unpaired) electrons. The molecule has 1 aromatic rings. The minimum absolute atomic E-state index is 0.299. The Morgan fingerprint density at radius 3 is 2.25 bits per heavy atom. The number of hydrogen-bond donors (Lipinski definition) is 0. The number of nitrogens with zero attached hydrogens (tertiary/aromatic N) is 2. The van der Waals surface area contributed by atoms with Crippen LogP contribution in [0, 0.1) is 5.82 Å². The number of pyridine rings is 1. The predicted octanol–water partition coefficient (Wildman–Crippen LogP) is 1.73. The summed E-state index contributed by atoms with van der Waals surface area (Å²) in [6.45, 7) is 9.76. The highest BCUT2D eigenvalue weighted by Gasteiger charge is 2.52. The lowest BCUT2D eigenvalue weighted by atomic mass is 9.84. The van der Waals surface area contributed by atoms with Crippen LogP contribution in [0.5, 0.6) is 0 Å². The van der Waals surface area contributed by atoms with Crippen LogP contribution in [0.25, 0.3) is 0 Å². The quantitative estimate of drug-likeness (QED) is 0.772. The molecule has 0 aliphatic carbocycles. The molecule has 2 fully saturated rings. The van der Waals surface area contributed by atoms with E-state index in [9.17, 15) is 4.39 Å². The van der Waals surface area contributed by atoms with Crippen molar-refractivity contribution >= 4 is 18.5 Å². The van der Waals surface area contributed by atoms with E-state index in [1.807, 2.05) is 27.7 Å². The van der Waals surface area contributed by atoms with E-state index in [0.717, 1.165) is 19.5 Å². The van der Waals surface area contributed by atoms with Crippen LogP contribution in [0.4, 0.5) is 10.2 Å². The Hall–Kier alpha value is -1.14. The van der Waals surface area contributed by atoms with E-state index in [1.54, 1.807) is 0 Å². The Bertz CT molecular complexity index is 516. The van der Waals surface area contributed by atoms with Crippen molar-refractivity contribution in [2.45, 2.75) is 45.3 Å². The molecule has 0 amide bonds. The molecule has 0 N–H and O–H groups in total. The summed E-state index contributed by atoms with van der Waals surface area (Å²) in [6, 6.07) is 2.86. The first kappa shape index (κ1) is 13.8. The van der Waals surface area contributed by atoms with E-state index in [1.165, 1.54) is 12.1 Å². The zero-order valence-corrected chi connectivity index (χ0v) is 12.4. The summed E-state index contributed by atoms with van der Waals surface area (Å²) in [7, 11) is -0.615. The molecule has 108 valence electrons. The number of rotatable bonds is 2. The van der Waals surface area contributed by atoms with Gasteiger partial charge >= 0.3 is 7.12 Å². The van der Waals surface area contributed by atoms with Crippen LogP contribution < -0.4 is 10.5 Å². The zero-order valence-electron chi connectivity index (χ0n) is 12.4. The summed E-state index contributed by atoms with van der Waals surface area (Å²) in [4.78, 5) is 6.56. The summed E-state index contributed by atoms with van der Waals surface area (Å²) in [5.74, 6) is 0.368. The minimum atomic E-state index is -0.615. The number of aromatic nitrogens is 1. The molecule has 0 unspecified atom stereocenters. The molecular weight excluding hydrogens is 258 g/mol. The fourth-order valence-electron chi connectivity index (χ4n) is 2.29. The van der Waals surface area contributed by atoms with Crippen molar-refractivity contribution in [3.63, 3.8) is 0 Å². The third-order valence-corrected chi connectivity index (χ3v) is 4.47. The monoisotopic (exact) mass is 278 g/mol. The highest BCUT2D eigenvalue weighted by molar-refractivity contribution is 6.61.